The van der Waals surface area contributed by atoms with Crippen LogP contribution in [0.25, 0.3) is 22.5 Å². The number of carbonyl (C=O) groups is 1. The normalized spacial score (nSPS) is 14.5. The zero-order valence-corrected chi connectivity index (χ0v) is 20.6. The molecule has 36 heavy (non-hydrogen) atoms. The molecule has 2 aromatic heterocycles. The highest BCUT2D eigenvalue weighted by Crippen LogP contribution is 2.30. The topological polar surface area (TPSA) is 102 Å². The van der Waals surface area contributed by atoms with Crippen LogP contribution in [0.15, 0.2) is 60.7 Å². The predicted octanol–water partition coefficient (Wildman–Crippen LogP) is 5.45. The Morgan fingerprint density at radius 1 is 1.06 bits per heavy atom. The summed E-state index contributed by atoms with van der Waals surface area (Å²) < 4.78 is 1.85. The summed E-state index contributed by atoms with van der Waals surface area (Å²) in [5.74, 6) is 2.26. The number of nitrogens with zero attached hydrogens (tertiary/aromatic N) is 6. The van der Waals surface area contributed by atoms with Crippen molar-refractivity contribution in [3.8, 4) is 22.5 Å². The molecule has 0 atom stereocenters. The van der Waals surface area contributed by atoms with Crippen LogP contribution in [0.5, 0.6) is 0 Å². The molecular weight excluding hydrogens is 450 g/mol. The lowest BCUT2D eigenvalue weighted by Gasteiger charge is -2.19. The molecule has 0 spiro atoms. The molecule has 0 radical (unpaired) electrons. The molecule has 1 aliphatic carbocycles. The van der Waals surface area contributed by atoms with Crippen LogP contribution in [0.2, 0.25) is 0 Å². The lowest BCUT2D eigenvalue weighted by Crippen LogP contribution is -2.13. The Labute approximate surface area is 210 Å². The maximum atomic E-state index is 13.0. The van der Waals surface area contributed by atoms with E-state index >= 15 is 0 Å². The van der Waals surface area contributed by atoms with E-state index in [2.05, 4.69) is 56.1 Å². The number of nitrogens with one attached hydrogen (secondary N) is 1. The maximum Gasteiger partial charge on any atom is 0.217 e. The third kappa shape index (κ3) is 5.48. The first-order valence-corrected chi connectivity index (χ1v) is 12.7. The molecule has 1 saturated carbocycles. The number of Topliss-reactive ketones (excluding diaryl/α,β-unsaturated/α-hetero) is 1. The van der Waals surface area contributed by atoms with Crippen molar-refractivity contribution in [3.63, 3.8) is 0 Å². The summed E-state index contributed by atoms with van der Waals surface area (Å²) >= 11 is 0. The van der Waals surface area contributed by atoms with Crippen LogP contribution in [0.3, 0.4) is 0 Å². The number of rotatable bonds is 9. The fourth-order valence-electron chi connectivity index (χ4n) is 4.91. The number of tetrazole rings is 1. The SMILES string of the molecule is C/C=C/Cn1nc(C(=O)CC2CCCCC2)nc1Cc1ccc(-c2ccccc2-c2nn[nH]n2)cc1. The second kappa shape index (κ2) is 11.2. The summed E-state index contributed by atoms with van der Waals surface area (Å²) in [6, 6.07) is 16.4. The largest absolute Gasteiger partial charge is 0.291 e. The molecule has 0 aliphatic heterocycles. The Balaban J connectivity index is 1.35. The minimum Gasteiger partial charge on any atom is -0.291 e. The molecule has 2 heterocycles. The summed E-state index contributed by atoms with van der Waals surface area (Å²) in [6.45, 7) is 2.59. The van der Waals surface area contributed by atoms with E-state index in [9.17, 15) is 4.79 Å². The monoisotopic (exact) mass is 481 g/mol. The number of carbonyl (C=O) groups excluding carboxylic acids is 1. The fourth-order valence-corrected chi connectivity index (χ4v) is 4.91. The van der Waals surface area contributed by atoms with Crippen molar-refractivity contribution in [1.29, 1.82) is 0 Å². The Kier molecular flexibility index (Phi) is 7.40. The molecule has 4 aromatic rings. The van der Waals surface area contributed by atoms with Gasteiger partial charge in [0.05, 0.1) is 6.54 Å². The zero-order valence-electron chi connectivity index (χ0n) is 20.6. The Bertz CT molecular complexity index is 1320. The van der Waals surface area contributed by atoms with Crippen LogP contribution in [-0.2, 0) is 13.0 Å². The molecule has 1 aliphatic rings. The van der Waals surface area contributed by atoms with Gasteiger partial charge in [-0.3, -0.25) is 4.79 Å². The third-order valence-corrected chi connectivity index (χ3v) is 6.85. The van der Waals surface area contributed by atoms with Crippen molar-refractivity contribution in [2.75, 3.05) is 0 Å². The van der Waals surface area contributed by atoms with E-state index in [0.29, 0.717) is 37.0 Å². The molecule has 1 fully saturated rings. The van der Waals surface area contributed by atoms with Gasteiger partial charge >= 0.3 is 0 Å². The number of hydrogen-bond acceptors (Lipinski definition) is 6. The zero-order chi connectivity index (χ0) is 24.7. The summed E-state index contributed by atoms with van der Waals surface area (Å²) in [4.78, 5) is 17.7. The molecule has 184 valence electrons. The van der Waals surface area contributed by atoms with Crippen LogP contribution >= 0.6 is 0 Å². The number of hydrogen-bond donors (Lipinski definition) is 1. The molecule has 2 aromatic carbocycles. The van der Waals surface area contributed by atoms with E-state index in [4.69, 9.17) is 4.98 Å². The van der Waals surface area contributed by atoms with Crippen molar-refractivity contribution in [2.45, 2.75) is 58.4 Å². The standard InChI is InChI=1S/C28H31N7O/c1-2-3-17-35-26(29-28(32-35)25(36)18-20-9-5-4-6-10-20)19-21-13-15-22(16-14-21)23-11-7-8-12-24(23)27-30-33-34-31-27/h2-3,7-8,11-16,20H,4-6,9-10,17-19H2,1H3,(H,30,31,33,34)/b3-2+. The average molecular weight is 482 g/mol. The minimum absolute atomic E-state index is 0.0656. The Morgan fingerprint density at radius 2 is 1.83 bits per heavy atom. The third-order valence-electron chi connectivity index (χ3n) is 6.85. The van der Waals surface area contributed by atoms with Gasteiger partial charge in [-0.25, -0.2) is 9.67 Å². The number of allylic oxidation sites excluding steroid dienone is 2. The van der Waals surface area contributed by atoms with Gasteiger partial charge in [0.2, 0.25) is 17.4 Å². The molecule has 5 rings (SSSR count). The molecule has 0 bridgehead atoms. The van der Waals surface area contributed by atoms with E-state index < -0.39 is 0 Å². The first-order valence-electron chi connectivity index (χ1n) is 12.7. The van der Waals surface area contributed by atoms with E-state index in [1.54, 1.807) is 0 Å². The molecule has 0 saturated heterocycles. The molecule has 0 amide bonds. The van der Waals surface area contributed by atoms with Crippen LogP contribution < -0.4 is 0 Å². The molecule has 1 N–H and O–H groups in total. The highest BCUT2D eigenvalue weighted by atomic mass is 16.1. The van der Waals surface area contributed by atoms with E-state index in [0.717, 1.165) is 40.9 Å². The Morgan fingerprint density at radius 3 is 2.56 bits per heavy atom. The van der Waals surface area contributed by atoms with Crippen molar-refractivity contribution < 1.29 is 4.79 Å². The van der Waals surface area contributed by atoms with Crippen molar-refractivity contribution in [3.05, 3.63) is 77.9 Å². The number of aromatic nitrogens is 7. The van der Waals surface area contributed by atoms with Crippen LogP contribution in [0, 0.1) is 5.92 Å². The first kappa shape index (κ1) is 23.8. The van der Waals surface area contributed by atoms with Crippen molar-refractivity contribution in [2.24, 2.45) is 5.92 Å². The van der Waals surface area contributed by atoms with Gasteiger partial charge < -0.3 is 0 Å². The summed E-state index contributed by atoms with van der Waals surface area (Å²) in [5.41, 5.74) is 4.14. The van der Waals surface area contributed by atoms with Gasteiger partial charge in [0.15, 0.2) is 0 Å². The summed E-state index contributed by atoms with van der Waals surface area (Å²) in [7, 11) is 0. The van der Waals surface area contributed by atoms with Gasteiger partial charge in [-0.05, 0) is 34.7 Å². The first-order chi connectivity index (χ1) is 17.7. The van der Waals surface area contributed by atoms with E-state index in [-0.39, 0.29) is 5.78 Å². The van der Waals surface area contributed by atoms with Gasteiger partial charge in [-0.1, -0.05) is 92.8 Å². The number of aromatic amines is 1. The highest BCUT2D eigenvalue weighted by Gasteiger charge is 2.22. The van der Waals surface area contributed by atoms with Crippen LogP contribution in [-0.4, -0.2) is 41.2 Å². The van der Waals surface area contributed by atoms with Gasteiger partial charge in [-0.2, -0.15) is 5.21 Å². The number of benzene rings is 2. The van der Waals surface area contributed by atoms with Crippen molar-refractivity contribution >= 4 is 5.78 Å². The summed E-state index contributed by atoms with van der Waals surface area (Å²) in [5, 5.41) is 19.1. The molecule has 0 unspecified atom stereocenters. The lowest BCUT2D eigenvalue weighted by atomic mass is 9.86. The minimum atomic E-state index is 0.0656. The average Bonchev–Trinajstić information content (AvgIpc) is 3.59. The van der Waals surface area contributed by atoms with E-state index in [1.807, 2.05) is 42.0 Å². The van der Waals surface area contributed by atoms with Crippen LogP contribution in [0.4, 0.5) is 0 Å². The van der Waals surface area contributed by atoms with E-state index in [1.165, 1.54) is 19.3 Å². The lowest BCUT2D eigenvalue weighted by molar-refractivity contribution is 0.0939. The van der Waals surface area contributed by atoms with Gasteiger partial charge in [0.1, 0.15) is 5.82 Å². The fraction of sp³-hybridized carbons (Fsp3) is 0.357. The van der Waals surface area contributed by atoms with Crippen LogP contribution in [0.1, 0.15) is 67.5 Å². The second-order valence-electron chi connectivity index (χ2n) is 9.39. The molecular formula is C28H31N7O. The molecule has 8 heteroatoms. The van der Waals surface area contributed by atoms with Gasteiger partial charge in [-0.15, -0.1) is 15.3 Å². The van der Waals surface area contributed by atoms with Crippen molar-refractivity contribution in [1.82, 2.24) is 35.4 Å². The maximum absolute atomic E-state index is 13.0. The number of ketones is 1. The van der Waals surface area contributed by atoms with Gasteiger partial charge in [0.25, 0.3) is 0 Å². The second-order valence-corrected chi connectivity index (χ2v) is 9.39. The quantitative estimate of drug-likeness (QED) is 0.252. The highest BCUT2D eigenvalue weighted by molar-refractivity contribution is 5.92. The van der Waals surface area contributed by atoms with Gasteiger partial charge in [0, 0.05) is 18.4 Å². The number of H-pyrrole nitrogens is 1. The smallest absolute Gasteiger partial charge is 0.217 e. The predicted molar refractivity (Wildman–Crippen MR) is 138 cm³/mol. The Hall–Kier alpha value is -3.94. The summed E-state index contributed by atoms with van der Waals surface area (Å²) in [6.07, 6.45) is 11.2. The molecule has 8 nitrogen and oxygen atoms in total.